The van der Waals surface area contributed by atoms with Crippen molar-refractivity contribution in [1.82, 2.24) is 15.1 Å². The number of hydrogen-bond acceptors (Lipinski definition) is 3. The van der Waals surface area contributed by atoms with E-state index < -0.39 is 5.97 Å². The Hall–Kier alpha value is -2.63. The third-order valence-corrected chi connectivity index (χ3v) is 4.70. The van der Waals surface area contributed by atoms with Crippen LogP contribution in [-0.4, -0.2) is 26.8 Å². The molecule has 1 unspecified atom stereocenters. The van der Waals surface area contributed by atoms with E-state index in [0.717, 1.165) is 30.5 Å². The molecule has 0 bridgehead atoms. The number of nitrogens with one attached hydrogen (secondary N) is 1. The first kappa shape index (κ1) is 17.2. The van der Waals surface area contributed by atoms with Crippen LogP contribution in [0.15, 0.2) is 30.5 Å². The summed E-state index contributed by atoms with van der Waals surface area (Å²) >= 11 is 0. The molecule has 1 aliphatic rings. The Labute approximate surface area is 146 Å². The van der Waals surface area contributed by atoms with Crippen LogP contribution in [0.25, 0.3) is 0 Å². The molecule has 6 nitrogen and oxygen atoms in total. The third kappa shape index (κ3) is 3.73. The molecule has 1 saturated carbocycles. The van der Waals surface area contributed by atoms with Crippen LogP contribution in [0.3, 0.4) is 0 Å². The summed E-state index contributed by atoms with van der Waals surface area (Å²) in [6.07, 6.45) is 4.86. The number of rotatable bonds is 7. The largest absolute Gasteiger partial charge is 0.478 e. The van der Waals surface area contributed by atoms with Gasteiger partial charge in [0.25, 0.3) is 5.91 Å². The lowest BCUT2D eigenvalue weighted by molar-refractivity contribution is 0.0696. The number of amides is 1. The fourth-order valence-electron chi connectivity index (χ4n) is 2.88. The Morgan fingerprint density at radius 2 is 2.00 bits per heavy atom. The minimum Gasteiger partial charge on any atom is -0.478 e. The molecule has 1 aliphatic carbocycles. The van der Waals surface area contributed by atoms with Crippen molar-refractivity contribution in [3.8, 4) is 0 Å². The molecule has 2 N–H and O–H groups in total. The van der Waals surface area contributed by atoms with Crippen molar-refractivity contribution in [2.45, 2.75) is 51.6 Å². The average molecular weight is 341 g/mol. The second kappa shape index (κ2) is 7.09. The van der Waals surface area contributed by atoms with Crippen LogP contribution >= 0.6 is 0 Å². The van der Waals surface area contributed by atoms with Crippen LogP contribution in [0, 0.1) is 0 Å². The maximum atomic E-state index is 12.6. The topological polar surface area (TPSA) is 84.2 Å². The lowest BCUT2D eigenvalue weighted by Gasteiger charge is -2.14. The van der Waals surface area contributed by atoms with Gasteiger partial charge in [-0.3, -0.25) is 9.48 Å². The number of carboxylic acids is 1. The normalized spacial score (nSPS) is 15.0. The zero-order valence-corrected chi connectivity index (χ0v) is 14.5. The van der Waals surface area contributed by atoms with Gasteiger partial charge in [0.2, 0.25) is 0 Å². The van der Waals surface area contributed by atoms with Gasteiger partial charge in [0.15, 0.2) is 0 Å². The second-order valence-corrected chi connectivity index (χ2v) is 6.60. The van der Waals surface area contributed by atoms with Crippen LogP contribution in [0.1, 0.15) is 77.0 Å². The SMILES string of the molecule is CCC(C)n1ncc(C(=O)NCc2ccc(C(=O)O)cc2)c1C1CC1. The van der Waals surface area contributed by atoms with Gasteiger partial charge in [-0.2, -0.15) is 5.10 Å². The highest BCUT2D eigenvalue weighted by molar-refractivity contribution is 5.95. The smallest absolute Gasteiger partial charge is 0.335 e. The molecule has 1 aromatic heterocycles. The monoisotopic (exact) mass is 341 g/mol. The van der Waals surface area contributed by atoms with Gasteiger partial charge in [-0.05, 0) is 43.9 Å². The van der Waals surface area contributed by atoms with Crippen LogP contribution in [0.2, 0.25) is 0 Å². The summed E-state index contributed by atoms with van der Waals surface area (Å²) in [7, 11) is 0. The van der Waals surface area contributed by atoms with Gasteiger partial charge in [0, 0.05) is 18.5 Å². The lowest BCUT2D eigenvalue weighted by atomic mass is 10.1. The maximum absolute atomic E-state index is 12.6. The predicted molar refractivity (Wildman–Crippen MR) is 93.8 cm³/mol. The first-order valence-electron chi connectivity index (χ1n) is 8.69. The van der Waals surface area contributed by atoms with E-state index in [4.69, 9.17) is 5.11 Å². The molecule has 0 saturated heterocycles. The van der Waals surface area contributed by atoms with E-state index >= 15 is 0 Å². The Kier molecular flexibility index (Phi) is 4.88. The van der Waals surface area contributed by atoms with Gasteiger partial charge in [-0.15, -0.1) is 0 Å². The van der Waals surface area contributed by atoms with Crippen molar-refractivity contribution in [1.29, 1.82) is 0 Å². The van der Waals surface area contributed by atoms with E-state index in [1.165, 1.54) is 0 Å². The minimum absolute atomic E-state index is 0.126. The van der Waals surface area contributed by atoms with Gasteiger partial charge < -0.3 is 10.4 Å². The molecule has 25 heavy (non-hydrogen) atoms. The summed E-state index contributed by atoms with van der Waals surface area (Å²) in [5.41, 5.74) is 2.81. The maximum Gasteiger partial charge on any atom is 0.335 e. The summed E-state index contributed by atoms with van der Waals surface area (Å²) in [6, 6.07) is 6.80. The van der Waals surface area contributed by atoms with E-state index in [1.807, 2.05) is 4.68 Å². The molecule has 1 fully saturated rings. The minimum atomic E-state index is -0.956. The third-order valence-electron chi connectivity index (χ3n) is 4.70. The number of benzene rings is 1. The van der Waals surface area contributed by atoms with E-state index in [2.05, 4.69) is 24.3 Å². The van der Waals surface area contributed by atoms with Crippen molar-refractivity contribution in [2.75, 3.05) is 0 Å². The second-order valence-electron chi connectivity index (χ2n) is 6.60. The Morgan fingerprint density at radius 1 is 1.32 bits per heavy atom. The standard InChI is InChI=1S/C19H23N3O3/c1-3-12(2)22-17(14-8-9-14)16(11-21-22)18(23)20-10-13-4-6-15(7-5-13)19(24)25/h4-7,11-12,14H,3,8-10H2,1-2H3,(H,20,23)(H,24,25). The molecular weight excluding hydrogens is 318 g/mol. The van der Waals surface area contributed by atoms with Crippen LogP contribution in [0.4, 0.5) is 0 Å². The lowest BCUT2D eigenvalue weighted by Crippen LogP contribution is -2.24. The number of aromatic carboxylic acids is 1. The zero-order valence-electron chi connectivity index (χ0n) is 14.5. The number of nitrogens with zero attached hydrogens (tertiary/aromatic N) is 2. The first-order valence-corrected chi connectivity index (χ1v) is 8.69. The number of carboxylic acid groups (broad SMARTS) is 1. The number of aromatic nitrogens is 2. The van der Waals surface area contributed by atoms with Gasteiger partial charge in [-0.25, -0.2) is 4.79 Å². The molecule has 1 aromatic carbocycles. The Balaban J connectivity index is 1.71. The fraction of sp³-hybridized carbons (Fsp3) is 0.421. The van der Waals surface area contributed by atoms with Crippen LogP contribution in [0.5, 0.6) is 0 Å². The van der Waals surface area contributed by atoms with E-state index in [1.54, 1.807) is 30.5 Å². The molecule has 6 heteroatoms. The molecule has 1 atom stereocenters. The fourth-order valence-corrected chi connectivity index (χ4v) is 2.88. The highest BCUT2D eigenvalue weighted by atomic mass is 16.4. The van der Waals surface area contributed by atoms with Gasteiger partial charge in [-0.1, -0.05) is 19.1 Å². The van der Waals surface area contributed by atoms with Crippen molar-refractivity contribution >= 4 is 11.9 Å². The van der Waals surface area contributed by atoms with E-state index in [-0.39, 0.29) is 17.5 Å². The molecule has 1 amide bonds. The highest BCUT2D eigenvalue weighted by Crippen LogP contribution is 2.42. The molecule has 132 valence electrons. The molecule has 0 aliphatic heterocycles. The molecule has 1 heterocycles. The summed E-state index contributed by atoms with van der Waals surface area (Å²) in [6.45, 7) is 4.59. The Bertz CT molecular complexity index is 776. The number of hydrogen-bond donors (Lipinski definition) is 2. The Morgan fingerprint density at radius 3 is 2.56 bits per heavy atom. The molecule has 2 aromatic rings. The first-order chi connectivity index (χ1) is 12.0. The number of carbonyl (C=O) groups is 2. The molecule has 0 spiro atoms. The summed E-state index contributed by atoms with van der Waals surface area (Å²) < 4.78 is 1.99. The quantitative estimate of drug-likeness (QED) is 0.809. The predicted octanol–water partition coefficient (Wildman–Crippen LogP) is 3.36. The van der Waals surface area contributed by atoms with Crippen molar-refractivity contribution < 1.29 is 14.7 Å². The van der Waals surface area contributed by atoms with E-state index in [0.29, 0.717) is 18.0 Å². The van der Waals surface area contributed by atoms with Gasteiger partial charge >= 0.3 is 5.97 Å². The van der Waals surface area contributed by atoms with E-state index in [9.17, 15) is 9.59 Å². The van der Waals surface area contributed by atoms with Crippen molar-refractivity contribution in [3.63, 3.8) is 0 Å². The van der Waals surface area contributed by atoms with Gasteiger partial charge in [0.1, 0.15) is 0 Å². The van der Waals surface area contributed by atoms with Gasteiger partial charge in [0.05, 0.1) is 23.0 Å². The molecular formula is C19H23N3O3. The van der Waals surface area contributed by atoms with Crippen LogP contribution < -0.4 is 5.32 Å². The average Bonchev–Trinajstić information content (AvgIpc) is 3.37. The number of carbonyl (C=O) groups excluding carboxylic acids is 1. The zero-order chi connectivity index (χ0) is 18.0. The van der Waals surface area contributed by atoms with Crippen LogP contribution in [-0.2, 0) is 6.54 Å². The van der Waals surface area contributed by atoms with Crippen molar-refractivity contribution in [2.24, 2.45) is 0 Å². The summed E-state index contributed by atoms with van der Waals surface area (Å²) in [4.78, 5) is 23.5. The molecule has 3 rings (SSSR count). The van der Waals surface area contributed by atoms with Crippen molar-refractivity contribution in [3.05, 3.63) is 52.8 Å². The molecule has 0 radical (unpaired) electrons. The highest BCUT2D eigenvalue weighted by Gasteiger charge is 2.33. The summed E-state index contributed by atoms with van der Waals surface area (Å²) in [5, 5.41) is 16.3. The summed E-state index contributed by atoms with van der Waals surface area (Å²) in [5.74, 6) is -0.645.